The first-order valence-electron chi connectivity index (χ1n) is 29.6. The second-order valence-corrected chi connectivity index (χ2v) is 27.3. The van der Waals surface area contributed by atoms with Crippen molar-refractivity contribution in [3.63, 3.8) is 0 Å². The van der Waals surface area contributed by atoms with Crippen molar-refractivity contribution in [2.75, 3.05) is 0 Å². The summed E-state index contributed by atoms with van der Waals surface area (Å²) in [7, 11) is 0. The van der Waals surface area contributed by atoms with Gasteiger partial charge in [0.1, 0.15) is 0 Å². The molecular formula is C82H60O2S2. The van der Waals surface area contributed by atoms with Crippen LogP contribution in [0.3, 0.4) is 0 Å². The standard InChI is InChI=1S/C82H60O2S2/c1-81(2,3)63-40-62(41-64(48-63)82(4,5)6)58-30-36-78-74(47-58)80(84)72-45-56(28-34-76(72)86-78)55-26-31-67-65-19-13-14-20-66(65)69-42-53(25-32-68(69)70(67)43-55)51-21-23-52(24-22-51)60-37-59(50-17-11-8-12-18-50)38-61(39-60)57-29-35-77-73(46-57)79(83)71-44-54(27-33-75(71)85-77)49-15-9-7-10-16-49/h7-48H,1-6H3. The molecule has 0 saturated heterocycles. The number of hydrogen-bond acceptors (Lipinski definition) is 4. The summed E-state index contributed by atoms with van der Waals surface area (Å²) in [5.41, 5.74) is 17.9. The predicted octanol–water partition coefficient (Wildman–Crippen LogP) is 22.9. The largest absolute Gasteiger partial charge is 0.289 e. The molecule has 0 saturated carbocycles. The van der Waals surface area contributed by atoms with Gasteiger partial charge >= 0.3 is 0 Å². The van der Waals surface area contributed by atoms with E-state index in [1.165, 1.54) is 43.4 Å². The van der Waals surface area contributed by atoms with Crippen LogP contribution >= 0.6 is 22.7 Å². The smallest absolute Gasteiger partial charge is 0.195 e. The molecular weight excluding hydrogens is 1080 g/mol. The van der Waals surface area contributed by atoms with Crippen molar-refractivity contribution in [3.8, 4) is 77.9 Å². The summed E-state index contributed by atoms with van der Waals surface area (Å²) in [5.74, 6) is 0. The molecule has 0 unspecified atom stereocenters. The molecule has 0 spiro atoms. The number of hydrogen-bond donors (Lipinski definition) is 0. The van der Waals surface area contributed by atoms with Gasteiger partial charge in [0.2, 0.25) is 0 Å². The van der Waals surface area contributed by atoms with E-state index in [2.05, 4.69) is 278 Å². The molecule has 0 N–H and O–H groups in total. The normalized spacial score (nSPS) is 12.2. The summed E-state index contributed by atoms with van der Waals surface area (Å²) in [4.78, 5) is 29.1. The number of benzene rings is 13. The van der Waals surface area contributed by atoms with Gasteiger partial charge in [0.25, 0.3) is 0 Å². The average molecular weight is 1140 g/mol. The van der Waals surface area contributed by atoms with Gasteiger partial charge in [-0.2, -0.15) is 0 Å². The molecule has 4 heteroatoms. The zero-order chi connectivity index (χ0) is 58.6. The van der Waals surface area contributed by atoms with Gasteiger partial charge in [-0.25, -0.2) is 0 Å². The monoisotopic (exact) mass is 1140 g/mol. The van der Waals surface area contributed by atoms with Crippen LogP contribution in [0.5, 0.6) is 0 Å². The Kier molecular flexibility index (Phi) is 12.7. The van der Waals surface area contributed by atoms with Gasteiger partial charge in [-0.3, -0.25) is 9.59 Å². The van der Waals surface area contributed by atoms with Gasteiger partial charge in [0.05, 0.1) is 0 Å². The van der Waals surface area contributed by atoms with Crippen molar-refractivity contribution in [1.29, 1.82) is 0 Å². The van der Waals surface area contributed by atoms with Crippen molar-refractivity contribution in [1.82, 2.24) is 0 Å². The SMILES string of the molecule is CC(C)(C)c1cc(-c2ccc3sc4ccc(-c5ccc6c7ccccc7c7cc(-c8ccc(-c9cc(-c%10ccccc%10)cc(-c%10ccc%11sc%12ccc(-c%13ccccc%13)cc%12c(=O)c%11c%10)c9)cc8)ccc7c6c5)cc4c(=O)c3c2)cc(C(C)(C)C)c1. The Morgan fingerprint density at radius 3 is 0.872 bits per heavy atom. The zero-order valence-corrected chi connectivity index (χ0v) is 50.5. The minimum absolute atomic E-state index is 0.0174. The number of fused-ring (bicyclic) bond motifs is 10. The molecule has 0 atom stereocenters. The minimum Gasteiger partial charge on any atom is -0.289 e. The number of rotatable bonds is 7. The third-order valence-corrected chi connectivity index (χ3v) is 19.8. The van der Waals surface area contributed by atoms with E-state index in [9.17, 15) is 9.59 Å². The molecule has 15 rings (SSSR count). The fourth-order valence-corrected chi connectivity index (χ4v) is 14.7. The molecule has 412 valence electrons. The minimum atomic E-state index is -0.0174. The van der Waals surface area contributed by atoms with Gasteiger partial charge in [-0.1, -0.05) is 217 Å². The predicted molar refractivity (Wildman–Crippen MR) is 373 cm³/mol. The highest BCUT2D eigenvalue weighted by molar-refractivity contribution is 7.25. The quantitative estimate of drug-likeness (QED) is 0.118. The van der Waals surface area contributed by atoms with Crippen molar-refractivity contribution in [2.24, 2.45) is 0 Å². The van der Waals surface area contributed by atoms with E-state index >= 15 is 0 Å². The van der Waals surface area contributed by atoms with Crippen molar-refractivity contribution >= 4 is 95.3 Å². The van der Waals surface area contributed by atoms with Crippen LogP contribution in [-0.2, 0) is 10.8 Å². The van der Waals surface area contributed by atoms with Crippen LogP contribution in [0, 0.1) is 0 Å². The first-order chi connectivity index (χ1) is 41.6. The molecule has 0 radical (unpaired) electrons. The third-order valence-electron chi connectivity index (χ3n) is 17.5. The van der Waals surface area contributed by atoms with Crippen LogP contribution in [-0.4, -0.2) is 0 Å². The van der Waals surface area contributed by atoms with Crippen molar-refractivity contribution < 1.29 is 0 Å². The maximum absolute atomic E-state index is 14.7. The lowest BCUT2D eigenvalue weighted by atomic mass is 9.79. The molecule has 13 aromatic carbocycles. The van der Waals surface area contributed by atoms with E-state index in [-0.39, 0.29) is 21.7 Å². The topological polar surface area (TPSA) is 34.1 Å². The van der Waals surface area contributed by atoms with E-state index in [4.69, 9.17) is 0 Å². The summed E-state index contributed by atoms with van der Waals surface area (Å²) < 4.78 is 3.95. The first kappa shape index (κ1) is 53.2. The summed E-state index contributed by atoms with van der Waals surface area (Å²) >= 11 is 3.35. The Morgan fingerprint density at radius 2 is 0.465 bits per heavy atom. The van der Waals surface area contributed by atoms with Crippen LogP contribution in [0.1, 0.15) is 52.7 Å². The Balaban J connectivity index is 0.782. The second kappa shape index (κ2) is 20.6. The molecule has 0 amide bonds. The van der Waals surface area contributed by atoms with Crippen molar-refractivity contribution in [2.45, 2.75) is 52.4 Å². The summed E-state index contributed by atoms with van der Waals surface area (Å²) in [5, 5.41) is 10.2. The Bertz CT molecular complexity index is 5350. The molecule has 0 aliphatic heterocycles. The van der Waals surface area contributed by atoms with E-state index < -0.39 is 0 Å². The molecule has 2 nitrogen and oxygen atoms in total. The third kappa shape index (κ3) is 9.51. The van der Waals surface area contributed by atoms with Gasteiger partial charge < -0.3 is 0 Å². The molecule has 0 aliphatic rings. The molecule has 0 bridgehead atoms. The van der Waals surface area contributed by atoms with Gasteiger partial charge in [0.15, 0.2) is 10.9 Å². The lowest BCUT2D eigenvalue weighted by Gasteiger charge is -2.26. The Hall–Kier alpha value is -9.58. The Labute approximate surface area is 508 Å². The van der Waals surface area contributed by atoms with Gasteiger partial charge in [-0.15, -0.1) is 22.7 Å². The Morgan fingerprint density at radius 1 is 0.209 bits per heavy atom. The lowest BCUT2D eigenvalue weighted by Crippen LogP contribution is -2.16. The molecule has 15 aromatic rings. The summed E-state index contributed by atoms with van der Waals surface area (Å²) in [6.45, 7) is 13.6. The molecule has 0 aliphatic carbocycles. The molecule has 2 aromatic heterocycles. The van der Waals surface area contributed by atoms with Gasteiger partial charge in [-0.05, 0) is 211 Å². The molecule has 2 heterocycles. The average Bonchev–Trinajstić information content (AvgIpc) is 0.881. The van der Waals surface area contributed by atoms with Crippen LogP contribution in [0.25, 0.3) is 151 Å². The van der Waals surface area contributed by atoms with Crippen LogP contribution in [0.15, 0.2) is 264 Å². The van der Waals surface area contributed by atoms with Gasteiger partial charge in [0, 0.05) is 40.3 Å². The van der Waals surface area contributed by atoms with Crippen LogP contribution < -0.4 is 10.9 Å². The maximum Gasteiger partial charge on any atom is 0.195 e. The highest BCUT2D eigenvalue weighted by Gasteiger charge is 2.22. The first-order valence-corrected chi connectivity index (χ1v) is 31.2. The van der Waals surface area contributed by atoms with E-state index in [0.29, 0.717) is 0 Å². The summed E-state index contributed by atoms with van der Waals surface area (Å²) in [6, 6.07) is 91.4. The fourth-order valence-electron chi connectivity index (χ4n) is 12.7. The van der Waals surface area contributed by atoms with Crippen LogP contribution in [0.4, 0.5) is 0 Å². The lowest BCUT2D eigenvalue weighted by molar-refractivity contribution is 0.569. The van der Waals surface area contributed by atoms with Crippen molar-refractivity contribution in [3.05, 3.63) is 286 Å². The fraction of sp³-hybridized carbons (Fsp3) is 0.0976. The molecule has 0 fully saturated rings. The van der Waals surface area contributed by atoms with E-state index in [0.717, 1.165) is 118 Å². The second-order valence-electron chi connectivity index (χ2n) is 25.2. The highest BCUT2D eigenvalue weighted by Crippen LogP contribution is 2.42. The molecule has 86 heavy (non-hydrogen) atoms. The summed E-state index contributed by atoms with van der Waals surface area (Å²) in [6.07, 6.45) is 0. The highest BCUT2D eigenvalue weighted by atomic mass is 32.1. The maximum atomic E-state index is 14.7. The zero-order valence-electron chi connectivity index (χ0n) is 48.9. The van der Waals surface area contributed by atoms with Crippen LogP contribution in [0.2, 0.25) is 0 Å². The van der Waals surface area contributed by atoms with E-state index in [1.54, 1.807) is 22.7 Å². The van der Waals surface area contributed by atoms with E-state index in [1.807, 2.05) is 18.2 Å².